The number of nitrogens with zero attached hydrogens (tertiary/aromatic N) is 4. The second-order valence-corrected chi connectivity index (χ2v) is 3.91. The number of rotatable bonds is 3. The minimum absolute atomic E-state index is 0.149. The fraction of sp³-hybridized carbons (Fsp3) is 0.222. The Morgan fingerprint density at radius 3 is 3.00 bits per heavy atom. The highest BCUT2D eigenvalue weighted by Crippen LogP contribution is 2.25. The van der Waals surface area contributed by atoms with Crippen molar-refractivity contribution in [3.8, 4) is 5.75 Å². The van der Waals surface area contributed by atoms with Crippen molar-refractivity contribution in [1.82, 2.24) is 20.2 Å². The smallest absolute Gasteiger partial charge is 0.212 e. The van der Waals surface area contributed by atoms with Gasteiger partial charge in [-0.15, -0.1) is 10.2 Å². The van der Waals surface area contributed by atoms with E-state index in [0.717, 1.165) is 0 Å². The van der Waals surface area contributed by atoms with Gasteiger partial charge in [0.1, 0.15) is 11.6 Å². The van der Waals surface area contributed by atoms with Crippen LogP contribution < -0.4 is 4.74 Å². The molecule has 2 rings (SSSR count). The summed E-state index contributed by atoms with van der Waals surface area (Å²) in [5, 5.41) is 11.3. The molecule has 0 aliphatic heterocycles. The van der Waals surface area contributed by atoms with Crippen LogP contribution >= 0.6 is 15.9 Å². The summed E-state index contributed by atoms with van der Waals surface area (Å²) in [6.45, 7) is 0.149. The number of halogens is 2. The van der Waals surface area contributed by atoms with Gasteiger partial charge in [-0.05, 0) is 33.3 Å². The highest BCUT2D eigenvalue weighted by molar-refractivity contribution is 9.10. The third-order valence-electron chi connectivity index (χ3n) is 1.80. The summed E-state index contributed by atoms with van der Waals surface area (Å²) in [7, 11) is 1.66. The van der Waals surface area contributed by atoms with Crippen molar-refractivity contribution >= 4 is 15.9 Å². The molecule has 1 aromatic heterocycles. The fourth-order valence-electron chi connectivity index (χ4n) is 1.11. The molecular formula is C9H8BrFN4O. The number of aryl methyl sites for hydroxylation is 1. The third kappa shape index (κ3) is 2.54. The van der Waals surface area contributed by atoms with Gasteiger partial charge in [0.15, 0.2) is 6.61 Å². The molecular weight excluding hydrogens is 279 g/mol. The summed E-state index contributed by atoms with van der Waals surface area (Å²) in [4.78, 5) is 1.33. The molecule has 0 atom stereocenters. The zero-order valence-electron chi connectivity index (χ0n) is 8.39. The van der Waals surface area contributed by atoms with Crippen LogP contribution in [0.15, 0.2) is 22.7 Å². The molecule has 0 unspecified atom stereocenters. The lowest BCUT2D eigenvalue weighted by Gasteiger charge is -2.05. The lowest BCUT2D eigenvalue weighted by atomic mass is 10.3. The van der Waals surface area contributed by atoms with Crippen molar-refractivity contribution < 1.29 is 9.13 Å². The average Bonchev–Trinajstić information content (AvgIpc) is 2.66. The van der Waals surface area contributed by atoms with Gasteiger partial charge in [-0.3, -0.25) is 0 Å². The molecule has 0 saturated heterocycles. The Labute approximate surface area is 99.3 Å². The second-order valence-electron chi connectivity index (χ2n) is 3.06. The highest BCUT2D eigenvalue weighted by Gasteiger charge is 2.05. The van der Waals surface area contributed by atoms with Gasteiger partial charge in [-0.1, -0.05) is 0 Å². The van der Waals surface area contributed by atoms with E-state index in [9.17, 15) is 4.39 Å². The van der Waals surface area contributed by atoms with Crippen molar-refractivity contribution in [3.63, 3.8) is 0 Å². The number of hydrogen-bond acceptors (Lipinski definition) is 4. The van der Waals surface area contributed by atoms with Gasteiger partial charge in [-0.2, -0.15) is 4.80 Å². The Balaban J connectivity index is 2.07. The Morgan fingerprint density at radius 1 is 1.50 bits per heavy atom. The van der Waals surface area contributed by atoms with Crippen LogP contribution in [0.2, 0.25) is 0 Å². The minimum Gasteiger partial charge on any atom is -0.484 e. The highest BCUT2D eigenvalue weighted by atomic mass is 79.9. The summed E-state index contributed by atoms with van der Waals surface area (Å²) in [6, 6.07) is 4.22. The van der Waals surface area contributed by atoms with Gasteiger partial charge in [0.05, 0.1) is 11.5 Å². The number of aromatic nitrogens is 4. The standard InChI is InChI=1S/C9H8BrFN4O/c1-15-13-9(12-14-15)5-16-8-4-6(11)2-3-7(8)10/h2-4H,5H2,1H3. The van der Waals surface area contributed by atoms with Crippen LogP contribution in [-0.4, -0.2) is 20.2 Å². The van der Waals surface area contributed by atoms with Crippen LogP contribution in [0.25, 0.3) is 0 Å². The maximum absolute atomic E-state index is 12.9. The zero-order valence-corrected chi connectivity index (χ0v) is 9.98. The zero-order chi connectivity index (χ0) is 11.5. The van der Waals surface area contributed by atoms with E-state index in [0.29, 0.717) is 16.0 Å². The molecule has 2 aromatic rings. The molecule has 0 N–H and O–H groups in total. The maximum Gasteiger partial charge on any atom is 0.212 e. The van der Waals surface area contributed by atoms with Crippen molar-refractivity contribution in [2.24, 2.45) is 7.05 Å². The summed E-state index contributed by atoms with van der Waals surface area (Å²) >= 11 is 3.26. The minimum atomic E-state index is -0.356. The predicted molar refractivity (Wildman–Crippen MR) is 57.2 cm³/mol. The lowest BCUT2D eigenvalue weighted by Crippen LogP contribution is -1.99. The largest absolute Gasteiger partial charge is 0.484 e. The Hall–Kier alpha value is -1.50. The summed E-state index contributed by atoms with van der Waals surface area (Å²) in [5.74, 6) is 0.497. The third-order valence-corrected chi connectivity index (χ3v) is 2.45. The predicted octanol–water partition coefficient (Wildman–Crippen LogP) is 1.69. The first-order valence-corrected chi connectivity index (χ1v) is 5.25. The normalized spacial score (nSPS) is 10.4. The van der Waals surface area contributed by atoms with E-state index in [1.54, 1.807) is 13.1 Å². The first-order valence-electron chi connectivity index (χ1n) is 4.46. The lowest BCUT2D eigenvalue weighted by molar-refractivity contribution is 0.292. The molecule has 7 heteroatoms. The molecule has 0 radical (unpaired) electrons. The summed E-state index contributed by atoms with van der Waals surface area (Å²) in [5.41, 5.74) is 0. The Morgan fingerprint density at radius 2 is 2.31 bits per heavy atom. The molecule has 0 aliphatic rings. The number of hydrogen-bond donors (Lipinski definition) is 0. The van der Waals surface area contributed by atoms with Crippen molar-refractivity contribution in [2.45, 2.75) is 6.61 Å². The van der Waals surface area contributed by atoms with Gasteiger partial charge >= 0.3 is 0 Å². The Bertz CT molecular complexity index is 502. The number of ether oxygens (including phenoxy) is 1. The van der Waals surface area contributed by atoms with E-state index in [1.807, 2.05) is 0 Å². The van der Waals surface area contributed by atoms with E-state index < -0.39 is 0 Å². The van der Waals surface area contributed by atoms with Crippen LogP contribution in [0.5, 0.6) is 5.75 Å². The van der Waals surface area contributed by atoms with Crippen molar-refractivity contribution in [2.75, 3.05) is 0 Å². The van der Waals surface area contributed by atoms with Gasteiger partial charge < -0.3 is 4.74 Å². The molecule has 84 valence electrons. The van der Waals surface area contributed by atoms with Crippen molar-refractivity contribution in [3.05, 3.63) is 34.3 Å². The van der Waals surface area contributed by atoms with Gasteiger partial charge in [0.2, 0.25) is 5.82 Å². The molecule has 5 nitrogen and oxygen atoms in total. The first-order chi connectivity index (χ1) is 7.65. The quantitative estimate of drug-likeness (QED) is 0.862. The molecule has 0 bridgehead atoms. The molecule has 1 aromatic carbocycles. The van der Waals surface area contributed by atoms with Crippen LogP contribution in [-0.2, 0) is 13.7 Å². The topological polar surface area (TPSA) is 52.8 Å². The van der Waals surface area contributed by atoms with Crippen LogP contribution in [0.3, 0.4) is 0 Å². The van der Waals surface area contributed by atoms with Crippen molar-refractivity contribution in [1.29, 1.82) is 0 Å². The van der Waals surface area contributed by atoms with Crippen LogP contribution in [0, 0.1) is 5.82 Å². The van der Waals surface area contributed by atoms with E-state index in [4.69, 9.17) is 4.74 Å². The maximum atomic E-state index is 12.9. The molecule has 0 aliphatic carbocycles. The monoisotopic (exact) mass is 286 g/mol. The SMILES string of the molecule is Cn1nnc(COc2cc(F)ccc2Br)n1. The van der Waals surface area contributed by atoms with E-state index in [-0.39, 0.29) is 12.4 Å². The number of tetrazole rings is 1. The van der Waals surface area contributed by atoms with Gasteiger partial charge in [-0.25, -0.2) is 4.39 Å². The van der Waals surface area contributed by atoms with E-state index in [2.05, 4.69) is 31.3 Å². The fourth-order valence-corrected chi connectivity index (χ4v) is 1.47. The van der Waals surface area contributed by atoms with Crippen LogP contribution in [0.1, 0.15) is 5.82 Å². The molecule has 0 fully saturated rings. The van der Waals surface area contributed by atoms with E-state index in [1.165, 1.54) is 16.9 Å². The molecule has 0 saturated carbocycles. The second kappa shape index (κ2) is 4.56. The molecule has 0 amide bonds. The molecule has 0 spiro atoms. The van der Waals surface area contributed by atoms with E-state index >= 15 is 0 Å². The van der Waals surface area contributed by atoms with Gasteiger partial charge in [0.25, 0.3) is 0 Å². The molecule has 16 heavy (non-hydrogen) atoms. The summed E-state index contributed by atoms with van der Waals surface area (Å²) in [6.07, 6.45) is 0. The number of benzene rings is 1. The average molecular weight is 287 g/mol. The summed E-state index contributed by atoms with van der Waals surface area (Å²) < 4.78 is 19.0. The van der Waals surface area contributed by atoms with Crippen LogP contribution in [0.4, 0.5) is 4.39 Å². The molecule has 1 heterocycles. The first kappa shape index (κ1) is 11.0. The van der Waals surface area contributed by atoms with Gasteiger partial charge in [0, 0.05) is 6.07 Å². The Kier molecular flexibility index (Phi) is 3.14.